The molecule has 0 aliphatic heterocycles. The summed E-state index contributed by atoms with van der Waals surface area (Å²) in [6, 6.07) is 7.77. The number of hydrogen-bond acceptors (Lipinski definition) is 1. The van der Waals surface area contributed by atoms with Crippen molar-refractivity contribution in [2.24, 2.45) is 5.92 Å². The quantitative estimate of drug-likeness (QED) is 0.825. The smallest absolute Gasteiger partial charge is 0.0823 e. The molecule has 1 N–H and O–H groups in total. The Morgan fingerprint density at radius 3 is 2.33 bits per heavy atom. The highest BCUT2D eigenvalue weighted by Crippen LogP contribution is 2.27. The summed E-state index contributed by atoms with van der Waals surface area (Å²) in [6.45, 7) is 4.01. The third-order valence-electron chi connectivity index (χ3n) is 1.86. The fourth-order valence-corrected chi connectivity index (χ4v) is 1.59. The molecule has 0 fully saturated rings. The van der Waals surface area contributed by atoms with Crippen LogP contribution in [0.25, 0.3) is 0 Å². The SMILES string of the molecule is CC(C)[C@@H](O)c1ccccc1Br. The second-order valence-corrected chi connectivity index (χ2v) is 4.06. The molecule has 0 aromatic heterocycles. The van der Waals surface area contributed by atoms with Crippen molar-refractivity contribution in [1.29, 1.82) is 0 Å². The first-order valence-electron chi connectivity index (χ1n) is 4.05. The Morgan fingerprint density at radius 2 is 1.83 bits per heavy atom. The van der Waals surface area contributed by atoms with Gasteiger partial charge in [0.1, 0.15) is 0 Å². The summed E-state index contributed by atoms with van der Waals surface area (Å²) in [6.07, 6.45) is -0.374. The van der Waals surface area contributed by atoms with E-state index in [0.717, 1.165) is 10.0 Å². The minimum Gasteiger partial charge on any atom is -0.388 e. The normalized spacial score (nSPS) is 13.4. The van der Waals surface area contributed by atoms with Crippen LogP contribution in [0.5, 0.6) is 0 Å². The topological polar surface area (TPSA) is 20.2 Å². The van der Waals surface area contributed by atoms with Crippen LogP contribution >= 0.6 is 15.9 Å². The second kappa shape index (κ2) is 4.06. The highest BCUT2D eigenvalue weighted by atomic mass is 79.9. The molecule has 0 saturated heterocycles. The van der Waals surface area contributed by atoms with Crippen LogP contribution in [-0.2, 0) is 0 Å². The van der Waals surface area contributed by atoms with Gasteiger partial charge in [-0.3, -0.25) is 0 Å². The Labute approximate surface area is 81.6 Å². The molecule has 0 spiro atoms. The van der Waals surface area contributed by atoms with Gasteiger partial charge in [0.15, 0.2) is 0 Å². The van der Waals surface area contributed by atoms with E-state index >= 15 is 0 Å². The highest BCUT2D eigenvalue weighted by molar-refractivity contribution is 9.10. The van der Waals surface area contributed by atoms with Gasteiger partial charge in [0.05, 0.1) is 6.10 Å². The second-order valence-electron chi connectivity index (χ2n) is 3.21. The molecular formula is C10H13BrO. The largest absolute Gasteiger partial charge is 0.388 e. The Hall–Kier alpha value is -0.340. The van der Waals surface area contributed by atoms with Crippen LogP contribution in [0, 0.1) is 5.92 Å². The minimum absolute atomic E-state index is 0.253. The van der Waals surface area contributed by atoms with Gasteiger partial charge < -0.3 is 5.11 Å². The van der Waals surface area contributed by atoms with Crippen molar-refractivity contribution < 1.29 is 5.11 Å². The van der Waals surface area contributed by atoms with Gasteiger partial charge in [-0.2, -0.15) is 0 Å². The van der Waals surface area contributed by atoms with E-state index in [2.05, 4.69) is 15.9 Å². The number of hydrogen-bond donors (Lipinski definition) is 1. The average molecular weight is 229 g/mol. The maximum Gasteiger partial charge on any atom is 0.0823 e. The van der Waals surface area contributed by atoms with E-state index in [4.69, 9.17) is 0 Å². The van der Waals surface area contributed by atoms with Crippen molar-refractivity contribution in [2.45, 2.75) is 20.0 Å². The molecule has 0 aliphatic carbocycles. The molecule has 66 valence electrons. The molecule has 0 unspecified atom stereocenters. The number of rotatable bonds is 2. The maximum absolute atomic E-state index is 9.75. The molecule has 0 bridgehead atoms. The fourth-order valence-electron chi connectivity index (χ4n) is 1.07. The summed E-state index contributed by atoms with van der Waals surface area (Å²) in [5.41, 5.74) is 0.965. The van der Waals surface area contributed by atoms with Crippen LogP contribution in [0.4, 0.5) is 0 Å². The number of aliphatic hydroxyl groups is 1. The number of aliphatic hydroxyl groups excluding tert-OH is 1. The third kappa shape index (κ3) is 2.08. The van der Waals surface area contributed by atoms with E-state index in [1.807, 2.05) is 38.1 Å². The van der Waals surface area contributed by atoms with Crippen molar-refractivity contribution in [3.63, 3.8) is 0 Å². The highest BCUT2D eigenvalue weighted by Gasteiger charge is 2.13. The van der Waals surface area contributed by atoms with Crippen LogP contribution < -0.4 is 0 Å². The lowest BCUT2D eigenvalue weighted by molar-refractivity contribution is 0.126. The number of halogens is 1. The molecule has 1 atom stereocenters. The Bertz CT molecular complexity index is 258. The van der Waals surface area contributed by atoms with Crippen molar-refractivity contribution in [2.75, 3.05) is 0 Å². The van der Waals surface area contributed by atoms with Gasteiger partial charge in [-0.1, -0.05) is 48.0 Å². The van der Waals surface area contributed by atoms with E-state index in [-0.39, 0.29) is 12.0 Å². The van der Waals surface area contributed by atoms with E-state index in [0.29, 0.717) is 0 Å². The molecule has 2 heteroatoms. The van der Waals surface area contributed by atoms with E-state index in [1.165, 1.54) is 0 Å². The van der Waals surface area contributed by atoms with Crippen molar-refractivity contribution >= 4 is 15.9 Å². The summed E-state index contributed by atoms with van der Waals surface area (Å²) in [5.74, 6) is 0.253. The average Bonchev–Trinajstić information content (AvgIpc) is 2.04. The summed E-state index contributed by atoms with van der Waals surface area (Å²) in [5, 5.41) is 9.75. The standard InChI is InChI=1S/C10H13BrO/c1-7(2)10(12)8-5-3-4-6-9(8)11/h3-7,10,12H,1-2H3/t10-/m1/s1. The maximum atomic E-state index is 9.75. The zero-order valence-corrected chi connectivity index (χ0v) is 8.88. The van der Waals surface area contributed by atoms with Crippen LogP contribution in [0.2, 0.25) is 0 Å². The third-order valence-corrected chi connectivity index (χ3v) is 2.58. The summed E-state index contributed by atoms with van der Waals surface area (Å²) < 4.78 is 0.978. The van der Waals surface area contributed by atoms with Crippen LogP contribution in [0.1, 0.15) is 25.5 Å². The van der Waals surface area contributed by atoms with Crippen LogP contribution in [-0.4, -0.2) is 5.11 Å². The van der Waals surface area contributed by atoms with Crippen molar-refractivity contribution in [3.05, 3.63) is 34.3 Å². The van der Waals surface area contributed by atoms with Gasteiger partial charge in [0.2, 0.25) is 0 Å². The van der Waals surface area contributed by atoms with Gasteiger partial charge in [-0.15, -0.1) is 0 Å². The number of benzene rings is 1. The lowest BCUT2D eigenvalue weighted by Gasteiger charge is -2.15. The first kappa shape index (κ1) is 9.75. The predicted molar refractivity (Wildman–Crippen MR) is 53.9 cm³/mol. The van der Waals surface area contributed by atoms with Crippen molar-refractivity contribution in [1.82, 2.24) is 0 Å². The van der Waals surface area contributed by atoms with Gasteiger partial charge in [-0.05, 0) is 17.5 Å². The zero-order valence-electron chi connectivity index (χ0n) is 7.29. The lowest BCUT2D eigenvalue weighted by Crippen LogP contribution is -2.05. The zero-order chi connectivity index (χ0) is 9.14. The molecule has 0 saturated carbocycles. The molecule has 0 aliphatic rings. The molecule has 1 nitrogen and oxygen atoms in total. The van der Waals surface area contributed by atoms with Gasteiger partial charge in [0, 0.05) is 4.47 Å². The van der Waals surface area contributed by atoms with Gasteiger partial charge >= 0.3 is 0 Å². The predicted octanol–water partition coefficient (Wildman–Crippen LogP) is 3.14. The van der Waals surface area contributed by atoms with E-state index < -0.39 is 0 Å². The minimum atomic E-state index is -0.374. The lowest BCUT2D eigenvalue weighted by atomic mass is 9.99. The van der Waals surface area contributed by atoms with Crippen molar-refractivity contribution in [3.8, 4) is 0 Å². The molecule has 0 amide bonds. The Balaban J connectivity index is 2.94. The molecule has 1 aromatic carbocycles. The molecular weight excluding hydrogens is 216 g/mol. The molecule has 0 heterocycles. The first-order valence-corrected chi connectivity index (χ1v) is 4.84. The first-order chi connectivity index (χ1) is 5.63. The monoisotopic (exact) mass is 228 g/mol. The van der Waals surface area contributed by atoms with Crippen LogP contribution in [0.15, 0.2) is 28.7 Å². The fraction of sp³-hybridized carbons (Fsp3) is 0.400. The molecule has 12 heavy (non-hydrogen) atoms. The van der Waals surface area contributed by atoms with Gasteiger partial charge in [-0.25, -0.2) is 0 Å². The Kier molecular flexibility index (Phi) is 3.29. The van der Waals surface area contributed by atoms with E-state index in [9.17, 15) is 5.11 Å². The molecule has 0 radical (unpaired) electrons. The van der Waals surface area contributed by atoms with E-state index in [1.54, 1.807) is 0 Å². The molecule has 1 aromatic rings. The molecule has 1 rings (SSSR count). The summed E-state index contributed by atoms with van der Waals surface area (Å²) in [7, 11) is 0. The Morgan fingerprint density at radius 1 is 1.25 bits per heavy atom. The summed E-state index contributed by atoms with van der Waals surface area (Å²) in [4.78, 5) is 0. The van der Waals surface area contributed by atoms with Crippen LogP contribution in [0.3, 0.4) is 0 Å². The summed E-state index contributed by atoms with van der Waals surface area (Å²) >= 11 is 3.41. The van der Waals surface area contributed by atoms with Gasteiger partial charge in [0.25, 0.3) is 0 Å².